The molecule has 0 spiro atoms. The minimum absolute atomic E-state index is 0.359. The summed E-state index contributed by atoms with van der Waals surface area (Å²) in [7, 11) is 1.50. The molecule has 0 radical (unpaired) electrons. The van der Waals surface area contributed by atoms with Crippen LogP contribution in [0, 0.1) is 0 Å². The van der Waals surface area contributed by atoms with E-state index in [2.05, 4.69) is 5.32 Å². The van der Waals surface area contributed by atoms with Gasteiger partial charge in [-0.25, -0.2) is 4.79 Å². The number of esters is 1. The van der Waals surface area contributed by atoms with E-state index in [1.54, 1.807) is 18.2 Å². The van der Waals surface area contributed by atoms with Gasteiger partial charge in [0.25, 0.3) is 5.91 Å². The fraction of sp³-hybridized carbons (Fsp3) is 0.429. The number of nitrogens with one attached hydrogen (secondary N) is 1. The molecular formula is C14H16ClNO5. The van der Waals surface area contributed by atoms with Crippen molar-refractivity contribution in [2.45, 2.75) is 18.9 Å². The Morgan fingerprint density at radius 3 is 2.90 bits per heavy atom. The van der Waals surface area contributed by atoms with Gasteiger partial charge < -0.3 is 19.5 Å². The largest absolute Gasteiger partial charge is 0.495 e. The third-order valence-corrected chi connectivity index (χ3v) is 3.27. The van der Waals surface area contributed by atoms with Crippen LogP contribution in [0.2, 0.25) is 5.02 Å². The summed E-state index contributed by atoms with van der Waals surface area (Å²) in [4.78, 5) is 23.3. The summed E-state index contributed by atoms with van der Waals surface area (Å²) in [6.07, 6.45) is 0.915. The molecule has 1 aliphatic rings. The average Bonchev–Trinajstić information content (AvgIpc) is 2.99. The van der Waals surface area contributed by atoms with Gasteiger partial charge in [0, 0.05) is 12.3 Å². The van der Waals surface area contributed by atoms with Crippen LogP contribution in [0.1, 0.15) is 12.8 Å². The summed E-state index contributed by atoms with van der Waals surface area (Å²) in [6, 6.07) is 4.83. The highest BCUT2D eigenvalue weighted by Gasteiger charge is 2.25. The monoisotopic (exact) mass is 313 g/mol. The van der Waals surface area contributed by atoms with Crippen molar-refractivity contribution in [1.29, 1.82) is 0 Å². The number of rotatable bonds is 5. The fourth-order valence-electron chi connectivity index (χ4n) is 1.93. The fourth-order valence-corrected chi connectivity index (χ4v) is 2.19. The molecule has 1 atom stereocenters. The Hall–Kier alpha value is -1.79. The minimum Gasteiger partial charge on any atom is -0.495 e. The second-order valence-corrected chi connectivity index (χ2v) is 4.91. The first-order chi connectivity index (χ1) is 10.1. The topological polar surface area (TPSA) is 73.9 Å². The number of carbonyl (C=O) groups excluding carboxylic acids is 2. The highest BCUT2D eigenvalue weighted by molar-refractivity contribution is 6.32. The molecule has 1 aromatic carbocycles. The zero-order chi connectivity index (χ0) is 15.2. The Bertz CT molecular complexity index is 528. The lowest BCUT2D eigenvalue weighted by Crippen LogP contribution is -2.27. The van der Waals surface area contributed by atoms with Crippen LogP contribution in [0.15, 0.2) is 18.2 Å². The third kappa shape index (κ3) is 4.34. The van der Waals surface area contributed by atoms with E-state index in [9.17, 15) is 9.59 Å². The predicted molar refractivity (Wildman–Crippen MR) is 76.6 cm³/mol. The van der Waals surface area contributed by atoms with Gasteiger partial charge in [0.1, 0.15) is 5.75 Å². The smallest absolute Gasteiger partial charge is 0.335 e. The number of halogens is 1. The summed E-state index contributed by atoms with van der Waals surface area (Å²) in [5.41, 5.74) is 0.499. The van der Waals surface area contributed by atoms with Crippen molar-refractivity contribution >= 4 is 29.2 Å². The van der Waals surface area contributed by atoms with Gasteiger partial charge in [-0.3, -0.25) is 4.79 Å². The van der Waals surface area contributed by atoms with E-state index in [4.69, 9.17) is 25.8 Å². The maximum atomic E-state index is 11.7. The van der Waals surface area contributed by atoms with E-state index in [-0.39, 0.29) is 6.61 Å². The standard InChI is InChI=1S/C14H16ClNO5/c1-19-11-5-4-9(7-10(11)15)16-13(17)8-21-14(18)12-3-2-6-20-12/h4-5,7,12H,2-3,6,8H2,1H3,(H,16,17)/t12-/m1/s1. The van der Waals surface area contributed by atoms with Crippen LogP contribution < -0.4 is 10.1 Å². The molecule has 0 bridgehead atoms. The highest BCUT2D eigenvalue weighted by Crippen LogP contribution is 2.27. The molecule has 6 nitrogen and oxygen atoms in total. The second kappa shape index (κ2) is 7.28. The lowest BCUT2D eigenvalue weighted by molar-refractivity contribution is -0.156. The number of benzene rings is 1. The van der Waals surface area contributed by atoms with E-state index in [0.717, 1.165) is 6.42 Å². The van der Waals surface area contributed by atoms with E-state index >= 15 is 0 Å². The van der Waals surface area contributed by atoms with Crippen LogP contribution in [0.3, 0.4) is 0 Å². The second-order valence-electron chi connectivity index (χ2n) is 4.51. The Morgan fingerprint density at radius 2 is 2.29 bits per heavy atom. The molecule has 2 rings (SSSR count). The Kier molecular flexibility index (Phi) is 5.41. The molecule has 21 heavy (non-hydrogen) atoms. The van der Waals surface area contributed by atoms with Gasteiger partial charge >= 0.3 is 5.97 Å². The quantitative estimate of drug-likeness (QED) is 0.842. The molecule has 1 amide bonds. The first-order valence-corrected chi connectivity index (χ1v) is 6.89. The highest BCUT2D eigenvalue weighted by atomic mass is 35.5. The molecule has 0 unspecified atom stereocenters. The molecule has 0 aromatic heterocycles. The minimum atomic E-state index is -0.548. The van der Waals surface area contributed by atoms with Crippen LogP contribution in [-0.4, -0.2) is 38.3 Å². The van der Waals surface area contributed by atoms with E-state index in [1.807, 2.05) is 0 Å². The SMILES string of the molecule is COc1ccc(NC(=O)COC(=O)[C@H]2CCCO2)cc1Cl. The Labute approximate surface area is 127 Å². The molecule has 1 heterocycles. The van der Waals surface area contributed by atoms with Gasteiger partial charge in [-0.2, -0.15) is 0 Å². The number of carbonyl (C=O) groups is 2. The van der Waals surface area contributed by atoms with Crippen LogP contribution >= 0.6 is 11.6 Å². The maximum Gasteiger partial charge on any atom is 0.335 e. The normalized spacial score (nSPS) is 17.3. The zero-order valence-corrected chi connectivity index (χ0v) is 12.3. The summed E-state index contributed by atoms with van der Waals surface area (Å²) < 4.78 is 15.1. The van der Waals surface area contributed by atoms with Gasteiger partial charge in [-0.1, -0.05) is 11.6 Å². The van der Waals surface area contributed by atoms with E-state index < -0.39 is 18.0 Å². The number of hydrogen-bond donors (Lipinski definition) is 1. The van der Waals surface area contributed by atoms with Crippen molar-refractivity contribution in [1.82, 2.24) is 0 Å². The molecule has 0 saturated carbocycles. The van der Waals surface area contributed by atoms with Crippen LogP contribution in [0.25, 0.3) is 0 Å². The molecule has 0 aliphatic carbocycles. The van der Waals surface area contributed by atoms with Gasteiger partial charge in [0.15, 0.2) is 12.7 Å². The van der Waals surface area contributed by atoms with Gasteiger partial charge in [-0.05, 0) is 31.0 Å². The van der Waals surface area contributed by atoms with Crippen molar-refractivity contribution in [3.8, 4) is 5.75 Å². The van der Waals surface area contributed by atoms with Crippen molar-refractivity contribution in [2.24, 2.45) is 0 Å². The van der Waals surface area contributed by atoms with Crippen molar-refractivity contribution < 1.29 is 23.8 Å². The van der Waals surface area contributed by atoms with Gasteiger partial charge in [0.2, 0.25) is 0 Å². The van der Waals surface area contributed by atoms with Crippen molar-refractivity contribution in [3.63, 3.8) is 0 Å². The summed E-state index contributed by atoms with van der Waals surface area (Å²) >= 11 is 5.95. The summed E-state index contributed by atoms with van der Waals surface area (Å²) in [5.74, 6) is -0.433. The van der Waals surface area contributed by atoms with Crippen LogP contribution in [0.5, 0.6) is 5.75 Å². The first-order valence-electron chi connectivity index (χ1n) is 6.52. The van der Waals surface area contributed by atoms with Crippen LogP contribution in [-0.2, 0) is 19.1 Å². The zero-order valence-electron chi connectivity index (χ0n) is 11.6. The van der Waals surface area contributed by atoms with Crippen molar-refractivity contribution in [3.05, 3.63) is 23.2 Å². The summed E-state index contributed by atoms with van der Waals surface area (Å²) in [5, 5.41) is 2.96. The molecular weight excluding hydrogens is 298 g/mol. The number of anilines is 1. The molecule has 1 N–H and O–H groups in total. The van der Waals surface area contributed by atoms with Crippen molar-refractivity contribution in [2.75, 3.05) is 25.6 Å². The number of ether oxygens (including phenoxy) is 3. The molecule has 7 heteroatoms. The Balaban J connectivity index is 1.81. The first kappa shape index (κ1) is 15.6. The lowest BCUT2D eigenvalue weighted by atomic mass is 10.2. The molecule has 1 aromatic rings. The maximum absolute atomic E-state index is 11.7. The van der Waals surface area contributed by atoms with E-state index in [0.29, 0.717) is 29.5 Å². The molecule has 1 fully saturated rings. The third-order valence-electron chi connectivity index (χ3n) is 2.97. The number of methoxy groups -OCH3 is 1. The Morgan fingerprint density at radius 1 is 1.48 bits per heavy atom. The summed E-state index contributed by atoms with van der Waals surface area (Å²) in [6.45, 7) is 0.193. The van der Waals surface area contributed by atoms with Crippen LogP contribution in [0.4, 0.5) is 5.69 Å². The molecule has 1 aliphatic heterocycles. The van der Waals surface area contributed by atoms with E-state index in [1.165, 1.54) is 7.11 Å². The lowest BCUT2D eigenvalue weighted by Gasteiger charge is -2.10. The molecule has 1 saturated heterocycles. The number of hydrogen-bond acceptors (Lipinski definition) is 5. The van der Waals surface area contributed by atoms with Gasteiger partial charge in [0.05, 0.1) is 12.1 Å². The van der Waals surface area contributed by atoms with Gasteiger partial charge in [-0.15, -0.1) is 0 Å². The average molecular weight is 314 g/mol. The number of amides is 1. The predicted octanol–water partition coefficient (Wildman–Crippen LogP) is 2.01. The molecule has 114 valence electrons.